The number of carbonyl (C=O) groups excluding carboxylic acids is 1. The molecule has 2 heterocycles. The molecule has 1 aliphatic rings. The van der Waals surface area contributed by atoms with Crippen LogP contribution in [0.4, 0.5) is 0 Å². The summed E-state index contributed by atoms with van der Waals surface area (Å²) in [6.07, 6.45) is 3.27. The van der Waals surface area contributed by atoms with Crippen LogP contribution in [0.1, 0.15) is 51.1 Å². The maximum absolute atomic E-state index is 12.6. The topological polar surface area (TPSA) is 69.0 Å². The van der Waals surface area contributed by atoms with E-state index in [4.69, 9.17) is 4.98 Å². The first-order chi connectivity index (χ1) is 12.4. The van der Waals surface area contributed by atoms with Gasteiger partial charge < -0.3 is 5.32 Å². The van der Waals surface area contributed by atoms with Gasteiger partial charge in [0, 0.05) is 0 Å². The number of aromatic nitrogens is 1. The van der Waals surface area contributed by atoms with E-state index in [1.807, 2.05) is 32.0 Å². The van der Waals surface area contributed by atoms with E-state index in [0.717, 1.165) is 36.3 Å². The quantitative estimate of drug-likeness (QED) is 0.867. The molecule has 0 aliphatic carbocycles. The molecule has 0 spiro atoms. The Morgan fingerprint density at radius 3 is 2.92 bits per heavy atom. The molecule has 0 radical (unpaired) electrons. The molecular weight excluding hydrogens is 344 g/mol. The number of rotatable bonds is 5. The van der Waals surface area contributed by atoms with Crippen molar-refractivity contribution >= 4 is 27.5 Å². The number of fused-ring (bicyclic) bond motifs is 1. The number of hydrogen-bond acceptors (Lipinski definition) is 5. The Bertz CT molecular complexity index is 792. The molecule has 0 bridgehead atoms. The highest BCUT2D eigenvalue weighted by molar-refractivity contribution is 7.18. The van der Waals surface area contributed by atoms with Gasteiger partial charge in [-0.1, -0.05) is 32.4 Å². The fourth-order valence-electron chi connectivity index (χ4n) is 3.31. The molecule has 2 atom stereocenters. The molecule has 1 aromatic carbocycles. The average molecular weight is 371 g/mol. The number of carbonyl (C=O) groups is 1. The highest BCUT2D eigenvalue weighted by Crippen LogP contribution is 2.35. The SMILES string of the molecule is CC(C)[C@](C)(C#N)NC(=O)CN1CCCC[C@@H]1c1nc2ccccc2s1. The van der Waals surface area contributed by atoms with Crippen LogP contribution >= 0.6 is 11.3 Å². The summed E-state index contributed by atoms with van der Waals surface area (Å²) >= 11 is 1.72. The molecule has 3 rings (SSSR count). The fourth-order valence-corrected chi connectivity index (χ4v) is 4.44. The number of nitriles is 1. The number of thiazole rings is 1. The van der Waals surface area contributed by atoms with E-state index in [0.29, 0.717) is 6.54 Å². The van der Waals surface area contributed by atoms with Crippen LogP contribution < -0.4 is 5.32 Å². The largest absolute Gasteiger partial charge is 0.337 e. The first-order valence-corrected chi connectivity index (χ1v) is 10.1. The lowest BCUT2D eigenvalue weighted by Crippen LogP contribution is -2.52. The Balaban J connectivity index is 1.75. The first kappa shape index (κ1) is 18.8. The molecule has 2 aromatic rings. The number of hydrogen-bond donors (Lipinski definition) is 1. The van der Waals surface area contributed by atoms with Crippen molar-refractivity contribution in [1.82, 2.24) is 15.2 Å². The maximum Gasteiger partial charge on any atom is 0.235 e. The summed E-state index contributed by atoms with van der Waals surface area (Å²) in [5, 5.41) is 13.5. The van der Waals surface area contributed by atoms with Crippen molar-refractivity contribution in [3.63, 3.8) is 0 Å². The zero-order valence-corrected chi connectivity index (χ0v) is 16.5. The monoisotopic (exact) mass is 370 g/mol. The molecule has 1 aromatic heterocycles. The predicted molar refractivity (Wildman–Crippen MR) is 105 cm³/mol. The van der Waals surface area contributed by atoms with Gasteiger partial charge in [-0.3, -0.25) is 9.69 Å². The molecular formula is C20H26N4OS. The van der Waals surface area contributed by atoms with E-state index >= 15 is 0 Å². The van der Waals surface area contributed by atoms with Crippen molar-refractivity contribution in [2.45, 2.75) is 51.6 Å². The van der Waals surface area contributed by atoms with Crippen LogP contribution in [0.25, 0.3) is 10.2 Å². The standard InChI is InChI=1S/C20H26N4OS/c1-14(2)20(3,13-21)23-18(25)12-24-11-7-6-9-16(24)19-22-15-8-4-5-10-17(15)26-19/h4-5,8,10,14,16H,6-7,9,11-12H2,1-3H3,(H,23,25)/t16-,20+/m1/s1. The van der Waals surface area contributed by atoms with E-state index in [-0.39, 0.29) is 17.9 Å². The van der Waals surface area contributed by atoms with Gasteiger partial charge in [-0.15, -0.1) is 11.3 Å². The number of amides is 1. The minimum Gasteiger partial charge on any atom is -0.337 e. The Morgan fingerprint density at radius 1 is 1.46 bits per heavy atom. The Morgan fingerprint density at radius 2 is 2.23 bits per heavy atom. The van der Waals surface area contributed by atoms with E-state index in [1.54, 1.807) is 18.3 Å². The lowest BCUT2D eigenvalue weighted by molar-refractivity contribution is -0.124. The summed E-state index contributed by atoms with van der Waals surface area (Å²) in [5.74, 6) is -0.0337. The molecule has 0 unspecified atom stereocenters. The third-order valence-corrected chi connectivity index (χ3v) is 6.48. The molecule has 1 N–H and O–H groups in total. The van der Waals surface area contributed by atoms with Crippen LogP contribution in [-0.4, -0.2) is 34.4 Å². The molecule has 0 saturated carbocycles. The average Bonchev–Trinajstić information content (AvgIpc) is 3.05. The fraction of sp³-hybridized carbons (Fsp3) is 0.550. The molecule has 1 saturated heterocycles. The molecule has 1 fully saturated rings. The van der Waals surface area contributed by atoms with Crippen molar-refractivity contribution in [3.8, 4) is 6.07 Å². The predicted octanol–water partition coefficient (Wildman–Crippen LogP) is 3.88. The van der Waals surface area contributed by atoms with Crippen LogP contribution in [0, 0.1) is 17.2 Å². The van der Waals surface area contributed by atoms with Crippen molar-refractivity contribution < 1.29 is 4.79 Å². The lowest BCUT2D eigenvalue weighted by atomic mass is 9.90. The van der Waals surface area contributed by atoms with Crippen molar-refractivity contribution in [2.75, 3.05) is 13.1 Å². The van der Waals surface area contributed by atoms with Gasteiger partial charge in [-0.2, -0.15) is 5.26 Å². The maximum atomic E-state index is 12.6. The van der Waals surface area contributed by atoms with E-state index < -0.39 is 5.54 Å². The van der Waals surface area contributed by atoms with Crippen LogP contribution in [0.5, 0.6) is 0 Å². The zero-order chi connectivity index (χ0) is 18.7. The smallest absolute Gasteiger partial charge is 0.235 e. The van der Waals surface area contributed by atoms with Crippen molar-refractivity contribution in [1.29, 1.82) is 5.26 Å². The molecule has 138 valence electrons. The Kier molecular flexibility index (Phi) is 5.59. The van der Waals surface area contributed by atoms with Gasteiger partial charge in [-0.05, 0) is 44.4 Å². The van der Waals surface area contributed by atoms with Crippen molar-refractivity contribution in [3.05, 3.63) is 29.3 Å². The normalized spacial score (nSPS) is 20.7. The van der Waals surface area contributed by atoms with Crippen LogP contribution in [0.3, 0.4) is 0 Å². The number of para-hydroxylation sites is 1. The van der Waals surface area contributed by atoms with Crippen LogP contribution in [0.2, 0.25) is 0 Å². The second-order valence-corrected chi connectivity index (χ2v) is 8.58. The van der Waals surface area contributed by atoms with E-state index in [1.165, 1.54) is 4.70 Å². The minimum absolute atomic E-state index is 0.0536. The van der Waals surface area contributed by atoms with Crippen LogP contribution in [0.15, 0.2) is 24.3 Å². The number of benzene rings is 1. The second-order valence-electron chi connectivity index (χ2n) is 7.52. The van der Waals surface area contributed by atoms with Gasteiger partial charge in [-0.25, -0.2) is 4.98 Å². The summed E-state index contributed by atoms with van der Waals surface area (Å²) < 4.78 is 1.19. The number of nitrogens with zero attached hydrogens (tertiary/aromatic N) is 3. The Labute approximate surface area is 159 Å². The van der Waals surface area contributed by atoms with Gasteiger partial charge in [0.2, 0.25) is 5.91 Å². The summed E-state index contributed by atoms with van der Waals surface area (Å²) in [6, 6.07) is 10.6. The summed E-state index contributed by atoms with van der Waals surface area (Å²) in [6.45, 7) is 6.89. The van der Waals surface area contributed by atoms with Gasteiger partial charge in [0.15, 0.2) is 0 Å². The highest BCUT2D eigenvalue weighted by atomic mass is 32.1. The molecule has 26 heavy (non-hydrogen) atoms. The number of likely N-dealkylation sites (tertiary alicyclic amines) is 1. The van der Waals surface area contributed by atoms with E-state index in [9.17, 15) is 10.1 Å². The molecule has 1 amide bonds. The third-order valence-electron chi connectivity index (χ3n) is 5.34. The Hall–Kier alpha value is -1.97. The second kappa shape index (κ2) is 7.73. The lowest BCUT2D eigenvalue weighted by Gasteiger charge is -2.35. The first-order valence-electron chi connectivity index (χ1n) is 9.25. The number of nitrogens with one attached hydrogen (secondary N) is 1. The molecule has 5 nitrogen and oxygen atoms in total. The molecule has 6 heteroatoms. The van der Waals surface area contributed by atoms with Crippen molar-refractivity contribution in [2.24, 2.45) is 5.92 Å². The van der Waals surface area contributed by atoms with Gasteiger partial charge >= 0.3 is 0 Å². The minimum atomic E-state index is -0.835. The highest BCUT2D eigenvalue weighted by Gasteiger charge is 2.33. The third kappa shape index (κ3) is 3.89. The zero-order valence-electron chi connectivity index (χ0n) is 15.7. The van der Waals surface area contributed by atoms with Crippen LogP contribution in [-0.2, 0) is 4.79 Å². The van der Waals surface area contributed by atoms with E-state index in [2.05, 4.69) is 22.4 Å². The molecule has 1 aliphatic heterocycles. The van der Waals surface area contributed by atoms with Gasteiger partial charge in [0.25, 0.3) is 0 Å². The van der Waals surface area contributed by atoms with Gasteiger partial charge in [0.1, 0.15) is 10.5 Å². The summed E-state index contributed by atoms with van der Waals surface area (Å²) in [4.78, 5) is 19.6. The summed E-state index contributed by atoms with van der Waals surface area (Å²) in [5.41, 5.74) is 0.192. The summed E-state index contributed by atoms with van der Waals surface area (Å²) in [7, 11) is 0. The number of piperidine rings is 1. The van der Waals surface area contributed by atoms with Gasteiger partial charge in [0.05, 0.1) is 28.9 Å².